The Hall–Kier alpha value is -5.51. The molecule has 0 saturated heterocycles. The number of aromatic amines is 2. The Morgan fingerprint density at radius 2 is 1.57 bits per heavy atom. The molecule has 5 aromatic rings. The van der Waals surface area contributed by atoms with Crippen molar-refractivity contribution in [3.05, 3.63) is 96.4 Å². The maximum atomic E-state index is 11.4. The van der Waals surface area contributed by atoms with Crippen LogP contribution in [0.2, 0.25) is 6.32 Å². The third-order valence-electron chi connectivity index (χ3n) is 10.0. The standard InChI is InChI=1S/C37H44BN7O.C6H12.C3H8.C2H6.2C2H2/c1-22(2)19-44(6)20-36-41-33-12-10-28-14-31-27(15-32(28)37(33)43-36)8-7-26-13-29(9-11-30(26)31)34-18-40-35(42-34)21-45(23(3)16-38)24(4)17-39-25(5)46;1-4-6(3)5-2;1-3-2;3*1-2/h9-15,18,22-23H,4,7-8,16-17,19-21H2,1-3,5-6H3,(H,39,46)(H,40,42)(H,41,43);4,6H,1,5H2,2-3H3;3H2,1-2H3;1-2H3;2*1-2H/t23-;6-;;;;/m01..../s1. The van der Waals surface area contributed by atoms with Crippen LogP contribution in [0.5, 0.6) is 0 Å². The number of aromatic nitrogens is 4. The predicted molar refractivity (Wildman–Crippen MR) is 265 cm³/mol. The molecule has 61 heavy (non-hydrogen) atoms. The van der Waals surface area contributed by atoms with Gasteiger partial charge in [0.25, 0.3) is 0 Å². The first-order valence-electron chi connectivity index (χ1n) is 21.8. The van der Waals surface area contributed by atoms with E-state index in [0.717, 1.165) is 65.6 Å². The lowest BCUT2D eigenvalue weighted by atomic mass is 9.83. The topological polar surface area (TPSA) is 92.9 Å². The molecule has 0 spiro atoms. The fraction of sp³-hybridized carbons (Fsp3) is 0.442. The summed E-state index contributed by atoms with van der Waals surface area (Å²) in [6.45, 7) is 31.2. The van der Waals surface area contributed by atoms with Gasteiger partial charge < -0.3 is 20.2 Å². The summed E-state index contributed by atoms with van der Waals surface area (Å²) in [5, 5.41) is 5.26. The summed E-state index contributed by atoms with van der Waals surface area (Å²) in [5.41, 5.74) is 10.4. The molecule has 0 aliphatic heterocycles. The summed E-state index contributed by atoms with van der Waals surface area (Å²) in [6, 6.07) is 15.9. The Labute approximate surface area is 370 Å². The number of hydrogen-bond acceptors (Lipinski definition) is 5. The van der Waals surface area contributed by atoms with Crippen LogP contribution in [0, 0.1) is 37.5 Å². The molecule has 326 valence electrons. The molecule has 6 rings (SSSR count). The van der Waals surface area contributed by atoms with Crippen LogP contribution in [-0.4, -0.2) is 69.7 Å². The van der Waals surface area contributed by atoms with E-state index >= 15 is 0 Å². The summed E-state index contributed by atoms with van der Waals surface area (Å²) < 4.78 is 0. The maximum absolute atomic E-state index is 11.4. The Morgan fingerprint density at radius 3 is 2.13 bits per heavy atom. The monoisotopic (exact) mass is 824 g/mol. The number of rotatable bonds is 14. The highest BCUT2D eigenvalue weighted by molar-refractivity contribution is 6.09. The quantitative estimate of drug-likeness (QED) is 0.0589. The van der Waals surface area contributed by atoms with E-state index in [4.69, 9.17) is 12.8 Å². The van der Waals surface area contributed by atoms with E-state index in [9.17, 15) is 4.79 Å². The van der Waals surface area contributed by atoms with E-state index in [1.54, 1.807) is 0 Å². The average Bonchev–Trinajstić information content (AvgIpc) is 3.92. The lowest BCUT2D eigenvalue weighted by Crippen LogP contribution is -2.36. The third kappa shape index (κ3) is 15.8. The number of benzene rings is 3. The van der Waals surface area contributed by atoms with Gasteiger partial charge in [-0.15, -0.1) is 32.3 Å². The van der Waals surface area contributed by atoms with Gasteiger partial charge in [0.15, 0.2) is 0 Å². The van der Waals surface area contributed by atoms with Gasteiger partial charge in [0.05, 0.1) is 50.4 Å². The van der Waals surface area contributed by atoms with Crippen molar-refractivity contribution in [2.45, 2.75) is 120 Å². The van der Waals surface area contributed by atoms with E-state index in [1.807, 2.05) is 26.1 Å². The summed E-state index contributed by atoms with van der Waals surface area (Å²) in [4.78, 5) is 32.7. The largest absolute Gasteiger partial charge is 0.364 e. The Kier molecular flexibility index (Phi) is 24.7. The molecule has 2 radical (unpaired) electrons. The number of nitrogens with zero attached hydrogens (tertiary/aromatic N) is 4. The number of aryl methyl sites for hydroxylation is 2. The summed E-state index contributed by atoms with van der Waals surface area (Å²) in [5.74, 6) is 3.07. The van der Waals surface area contributed by atoms with Gasteiger partial charge in [-0.1, -0.05) is 105 Å². The van der Waals surface area contributed by atoms with Crippen LogP contribution in [0.3, 0.4) is 0 Å². The molecule has 2 heterocycles. The lowest BCUT2D eigenvalue weighted by molar-refractivity contribution is -0.118. The molecular formula is C52H74BN7O. The molecule has 1 aliphatic rings. The van der Waals surface area contributed by atoms with Gasteiger partial charge in [0, 0.05) is 30.6 Å². The molecule has 3 N–H and O–H groups in total. The molecule has 0 fully saturated rings. The molecule has 2 atom stereocenters. The highest BCUT2D eigenvalue weighted by Crippen LogP contribution is 2.39. The first-order chi connectivity index (χ1) is 29.3. The number of allylic oxidation sites excluding steroid dienone is 1. The minimum Gasteiger partial charge on any atom is -0.364 e. The number of carbonyl (C=O) groups is 1. The number of imidazole rings is 2. The molecule has 1 aliphatic carbocycles. The molecule has 1 amide bonds. The number of hydrogen-bond donors (Lipinski definition) is 3. The van der Waals surface area contributed by atoms with E-state index in [0.29, 0.717) is 31.2 Å². The third-order valence-corrected chi connectivity index (χ3v) is 10.0. The molecule has 3 aromatic carbocycles. The molecule has 9 heteroatoms. The van der Waals surface area contributed by atoms with Gasteiger partial charge in [-0.25, -0.2) is 9.97 Å². The van der Waals surface area contributed by atoms with Crippen LogP contribution in [0.4, 0.5) is 0 Å². The number of amides is 1. The van der Waals surface area contributed by atoms with Crippen molar-refractivity contribution in [3.8, 4) is 48.1 Å². The van der Waals surface area contributed by atoms with E-state index in [1.165, 1.54) is 52.8 Å². The summed E-state index contributed by atoms with van der Waals surface area (Å²) in [6.07, 6.45) is 24.8. The number of terminal acetylenes is 2. The first-order valence-corrected chi connectivity index (χ1v) is 21.8. The minimum absolute atomic E-state index is 0.0531. The van der Waals surface area contributed by atoms with Gasteiger partial charge in [-0.05, 0) is 96.1 Å². The van der Waals surface area contributed by atoms with Crippen LogP contribution in [0.15, 0.2) is 73.6 Å². The van der Waals surface area contributed by atoms with Crippen LogP contribution >= 0.6 is 0 Å². The van der Waals surface area contributed by atoms with Crippen LogP contribution in [-0.2, 0) is 30.7 Å². The van der Waals surface area contributed by atoms with E-state index in [2.05, 4.69) is 167 Å². The highest BCUT2D eigenvalue weighted by atomic mass is 16.1. The number of fused-ring (bicyclic) bond motifs is 6. The number of carbonyl (C=O) groups excluding carboxylic acids is 1. The molecule has 0 bridgehead atoms. The fourth-order valence-electron chi connectivity index (χ4n) is 6.87. The second kappa shape index (κ2) is 28.1. The molecule has 8 nitrogen and oxygen atoms in total. The van der Waals surface area contributed by atoms with Crippen molar-refractivity contribution in [1.29, 1.82) is 0 Å². The number of H-pyrrole nitrogens is 2. The predicted octanol–water partition coefficient (Wildman–Crippen LogP) is 11.5. The molecular weight excluding hydrogens is 749 g/mol. The zero-order valence-electron chi connectivity index (χ0n) is 39.3. The molecule has 0 unspecified atom stereocenters. The van der Waals surface area contributed by atoms with Crippen molar-refractivity contribution in [2.75, 3.05) is 20.1 Å². The Balaban J connectivity index is 0.00000109. The summed E-state index contributed by atoms with van der Waals surface area (Å²) >= 11 is 0. The summed E-state index contributed by atoms with van der Waals surface area (Å²) in [7, 11) is 8.15. The Morgan fingerprint density at radius 1 is 0.934 bits per heavy atom. The van der Waals surface area contributed by atoms with E-state index in [-0.39, 0.29) is 11.9 Å². The van der Waals surface area contributed by atoms with Gasteiger partial charge in [0.1, 0.15) is 11.6 Å². The first kappa shape index (κ1) is 53.5. The average molecular weight is 824 g/mol. The molecule has 0 saturated carbocycles. The smallest absolute Gasteiger partial charge is 0.217 e. The second-order valence-electron chi connectivity index (χ2n) is 15.6. The molecule has 2 aromatic heterocycles. The normalized spacial score (nSPS) is 11.8. The minimum atomic E-state index is -0.0883. The Bertz CT molecular complexity index is 2130. The van der Waals surface area contributed by atoms with Crippen molar-refractivity contribution >= 4 is 35.6 Å². The lowest BCUT2D eigenvalue weighted by Gasteiger charge is -2.32. The van der Waals surface area contributed by atoms with Crippen LogP contribution in [0.25, 0.3) is 44.2 Å². The zero-order chi connectivity index (χ0) is 46.2. The number of nitrogens with one attached hydrogen (secondary N) is 3. The van der Waals surface area contributed by atoms with E-state index < -0.39 is 0 Å². The fourth-order valence-corrected chi connectivity index (χ4v) is 6.87. The SMILES string of the molecule is C#C.C#C.C=C[C@@H](C)CC.CC.CCC.[B]C[C@H](C)N(Cc1ncc(-c2ccc3c(c2)CCc2cc4c(ccc5[nH]c(CN(C)CC(C)C)nc54)cc2-3)[nH]1)C(=C)CNC(C)=O. The van der Waals surface area contributed by atoms with Gasteiger partial charge in [-0.2, -0.15) is 0 Å². The van der Waals surface area contributed by atoms with Crippen molar-refractivity contribution < 1.29 is 4.79 Å². The van der Waals surface area contributed by atoms with Gasteiger partial charge >= 0.3 is 0 Å². The highest BCUT2D eigenvalue weighted by Gasteiger charge is 2.21. The van der Waals surface area contributed by atoms with Crippen molar-refractivity contribution in [2.24, 2.45) is 11.8 Å². The van der Waals surface area contributed by atoms with Crippen LogP contribution < -0.4 is 5.32 Å². The van der Waals surface area contributed by atoms with Gasteiger partial charge in [0.2, 0.25) is 5.91 Å². The van der Waals surface area contributed by atoms with Crippen LogP contribution in [0.1, 0.15) is 105 Å². The van der Waals surface area contributed by atoms with Crippen molar-refractivity contribution in [3.63, 3.8) is 0 Å². The maximum Gasteiger partial charge on any atom is 0.217 e. The van der Waals surface area contributed by atoms with Crippen molar-refractivity contribution in [1.82, 2.24) is 35.1 Å². The van der Waals surface area contributed by atoms with Gasteiger partial charge in [-0.3, -0.25) is 9.69 Å². The second-order valence-corrected chi connectivity index (χ2v) is 15.6. The zero-order valence-corrected chi connectivity index (χ0v) is 39.3.